The van der Waals surface area contributed by atoms with E-state index in [1.165, 1.54) is 45.9 Å². The van der Waals surface area contributed by atoms with Gasteiger partial charge in [-0.05, 0) is 68.9 Å². The van der Waals surface area contributed by atoms with E-state index in [2.05, 4.69) is 54.3 Å². The lowest BCUT2D eigenvalue weighted by Gasteiger charge is -2.25. The molecule has 0 aliphatic heterocycles. The number of hydrogen-bond donors (Lipinski definition) is 0. The van der Waals surface area contributed by atoms with Gasteiger partial charge in [-0.1, -0.05) is 78.3 Å². The summed E-state index contributed by atoms with van der Waals surface area (Å²) in [5.41, 5.74) is 5.53. The SMILES string of the molecule is Cc1ccc(C2=CC=C(c3nc(-c4ccc(CN(CC(=O)OC(C)(C)C)C(=O)c5ccc([N+](=O)[O-])cc5)cc4)no3)C(C)C2)cc1. The molecule has 0 spiro atoms. The van der Waals surface area contributed by atoms with Gasteiger partial charge in [-0.2, -0.15) is 4.98 Å². The van der Waals surface area contributed by atoms with E-state index in [0.717, 1.165) is 23.1 Å². The normalized spacial score (nSPS) is 14.7. The van der Waals surface area contributed by atoms with Gasteiger partial charge in [0.1, 0.15) is 12.1 Å². The van der Waals surface area contributed by atoms with E-state index < -0.39 is 22.4 Å². The highest BCUT2D eigenvalue weighted by Crippen LogP contribution is 2.36. The van der Waals surface area contributed by atoms with Crippen LogP contribution in [0.5, 0.6) is 0 Å². The van der Waals surface area contributed by atoms with Crippen molar-refractivity contribution in [3.05, 3.63) is 123 Å². The van der Waals surface area contributed by atoms with Crippen LogP contribution >= 0.6 is 0 Å². The van der Waals surface area contributed by atoms with Gasteiger partial charge in [-0.25, -0.2) is 0 Å². The molecule has 10 nitrogen and oxygen atoms in total. The van der Waals surface area contributed by atoms with Gasteiger partial charge in [-0.15, -0.1) is 0 Å². The third kappa shape index (κ3) is 7.82. The first-order chi connectivity index (χ1) is 21.9. The van der Waals surface area contributed by atoms with Crippen molar-refractivity contribution in [3.8, 4) is 11.4 Å². The number of nitro benzene ring substituents is 1. The molecule has 0 fully saturated rings. The Bertz CT molecular complexity index is 1800. The Labute approximate surface area is 267 Å². The minimum atomic E-state index is -0.727. The fourth-order valence-electron chi connectivity index (χ4n) is 5.20. The molecule has 1 atom stereocenters. The summed E-state index contributed by atoms with van der Waals surface area (Å²) in [7, 11) is 0. The van der Waals surface area contributed by atoms with Crippen molar-refractivity contribution >= 4 is 28.7 Å². The van der Waals surface area contributed by atoms with Crippen molar-refractivity contribution in [2.24, 2.45) is 5.92 Å². The van der Waals surface area contributed by atoms with Gasteiger partial charge in [0.2, 0.25) is 5.82 Å². The van der Waals surface area contributed by atoms with Gasteiger partial charge < -0.3 is 14.2 Å². The lowest BCUT2D eigenvalue weighted by molar-refractivity contribution is -0.384. The Morgan fingerprint density at radius 2 is 1.63 bits per heavy atom. The van der Waals surface area contributed by atoms with Gasteiger partial charge in [-0.3, -0.25) is 19.7 Å². The van der Waals surface area contributed by atoms with Gasteiger partial charge >= 0.3 is 5.97 Å². The number of carbonyl (C=O) groups excluding carboxylic acids is 2. The zero-order valence-electron chi connectivity index (χ0n) is 26.5. The van der Waals surface area contributed by atoms with E-state index in [9.17, 15) is 19.7 Å². The first kappa shape index (κ1) is 32.0. The van der Waals surface area contributed by atoms with Gasteiger partial charge in [0.15, 0.2) is 0 Å². The van der Waals surface area contributed by atoms with Crippen molar-refractivity contribution in [3.63, 3.8) is 0 Å². The van der Waals surface area contributed by atoms with Crippen LogP contribution in [0.2, 0.25) is 0 Å². The fraction of sp³-hybridized carbons (Fsp3) is 0.278. The minimum Gasteiger partial charge on any atom is -0.459 e. The Hall–Kier alpha value is -5.38. The molecule has 0 bridgehead atoms. The molecule has 0 N–H and O–H groups in total. The van der Waals surface area contributed by atoms with E-state index in [1.54, 1.807) is 20.8 Å². The molecule has 1 unspecified atom stereocenters. The number of nitrogens with zero attached hydrogens (tertiary/aromatic N) is 4. The molecule has 1 aromatic heterocycles. The van der Waals surface area contributed by atoms with Crippen LogP contribution in [-0.2, 0) is 16.1 Å². The number of aromatic nitrogens is 2. The Kier molecular flexibility index (Phi) is 9.27. The Morgan fingerprint density at radius 3 is 2.24 bits per heavy atom. The number of carbonyl (C=O) groups is 2. The zero-order valence-corrected chi connectivity index (χ0v) is 26.5. The first-order valence-electron chi connectivity index (χ1n) is 15.0. The summed E-state index contributed by atoms with van der Waals surface area (Å²) in [5.74, 6) is 0.0904. The second-order valence-electron chi connectivity index (χ2n) is 12.5. The van der Waals surface area contributed by atoms with Crippen molar-refractivity contribution in [1.82, 2.24) is 15.0 Å². The summed E-state index contributed by atoms with van der Waals surface area (Å²) in [4.78, 5) is 42.7. The number of aryl methyl sites for hydroxylation is 1. The van der Waals surface area contributed by atoms with E-state index in [-0.39, 0.29) is 30.3 Å². The lowest BCUT2D eigenvalue weighted by atomic mass is 9.85. The molecule has 1 aliphatic rings. The van der Waals surface area contributed by atoms with Crippen LogP contribution < -0.4 is 0 Å². The van der Waals surface area contributed by atoms with E-state index in [0.29, 0.717) is 11.7 Å². The fourth-order valence-corrected chi connectivity index (χ4v) is 5.20. The minimum absolute atomic E-state index is 0.104. The van der Waals surface area contributed by atoms with Crippen molar-refractivity contribution in [2.45, 2.75) is 53.2 Å². The maximum absolute atomic E-state index is 13.4. The van der Waals surface area contributed by atoms with Crippen molar-refractivity contribution < 1.29 is 23.8 Å². The summed E-state index contributed by atoms with van der Waals surface area (Å²) in [6.45, 7) is 9.28. The summed E-state index contributed by atoms with van der Waals surface area (Å²) in [5, 5.41) is 15.3. The van der Waals surface area contributed by atoms with Crippen LogP contribution in [0.25, 0.3) is 22.5 Å². The second-order valence-corrected chi connectivity index (χ2v) is 12.5. The first-order valence-corrected chi connectivity index (χ1v) is 15.0. The molecular weight excluding hydrogens is 584 g/mol. The van der Waals surface area contributed by atoms with Crippen LogP contribution in [0.4, 0.5) is 5.69 Å². The average molecular weight is 621 g/mol. The molecule has 3 aromatic carbocycles. The lowest BCUT2D eigenvalue weighted by Crippen LogP contribution is -2.38. The zero-order chi connectivity index (χ0) is 33.0. The highest BCUT2D eigenvalue weighted by Gasteiger charge is 2.25. The molecule has 236 valence electrons. The number of nitro groups is 1. The molecule has 5 rings (SSSR count). The number of benzene rings is 3. The molecule has 1 amide bonds. The van der Waals surface area contributed by atoms with E-state index in [4.69, 9.17) is 9.26 Å². The second kappa shape index (κ2) is 13.3. The molecular formula is C36H36N4O6. The Balaban J connectivity index is 1.32. The molecule has 1 heterocycles. The maximum atomic E-state index is 13.4. The number of hydrogen-bond acceptors (Lipinski definition) is 8. The predicted octanol–water partition coefficient (Wildman–Crippen LogP) is 7.44. The smallest absolute Gasteiger partial charge is 0.326 e. The molecule has 1 aliphatic carbocycles. The largest absolute Gasteiger partial charge is 0.459 e. The molecule has 10 heteroatoms. The Morgan fingerprint density at radius 1 is 0.978 bits per heavy atom. The quantitative estimate of drug-likeness (QED) is 0.107. The summed E-state index contributed by atoms with van der Waals surface area (Å²) >= 11 is 0. The van der Waals surface area contributed by atoms with Gasteiger partial charge in [0.05, 0.1) is 4.92 Å². The predicted molar refractivity (Wildman–Crippen MR) is 174 cm³/mol. The molecule has 0 saturated heterocycles. The monoisotopic (exact) mass is 620 g/mol. The summed E-state index contributed by atoms with van der Waals surface area (Å²) < 4.78 is 11.1. The number of rotatable bonds is 9. The van der Waals surface area contributed by atoms with Crippen molar-refractivity contribution in [2.75, 3.05) is 6.54 Å². The van der Waals surface area contributed by atoms with Gasteiger partial charge in [0, 0.05) is 35.4 Å². The highest BCUT2D eigenvalue weighted by atomic mass is 16.6. The molecule has 0 saturated carbocycles. The number of allylic oxidation sites excluding steroid dienone is 4. The van der Waals surface area contributed by atoms with Crippen LogP contribution in [0, 0.1) is 23.0 Å². The topological polar surface area (TPSA) is 129 Å². The summed E-state index contributed by atoms with van der Waals surface area (Å²) in [6.07, 6.45) is 5.02. The molecule has 46 heavy (non-hydrogen) atoms. The molecule has 4 aromatic rings. The van der Waals surface area contributed by atoms with E-state index in [1.807, 2.05) is 30.3 Å². The average Bonchev–Trinajstić information content (AvgIpc) is 3.50. The summed E-state index contributed by atoms with van der Waals surface area (Å²) in [6, 6.07) is 21.1. The van der Waals surface area contributed by atoms with Crippen LogP contribution in [0.3, 0.4) is 0 Å². The molecule has 0 radical (unpaired) electrons. The third-order valence-corrected chi connectivity index (χ3v) is 7.55. The van der Waals surface area contributed by atoms with Crippen LogP contribution in [-0.4, -0.2) is 44.0 Å². The van der Waals surface area contributed by atoms with Crippen LogP contribution in [0.15, 0.2) is 89.5 Å². The van der Waals surface area contributed by atoms with Crippen LogP contribution in [0.1, 0.15) is 67.1 Å². The standard InChI is InChI=1S/C36H36N4O6/c1-23-6-10-26(11-7-23)29-16-19-31(24(2)20-29)34-37-33(38-46-34)27-12-8-25(9-13-27)21-39(22-32(41)45-36(3,4)5)35(42)28-14-17-30(18-15-28)40(43)44/h6-19,24H,20-22H2,1-5H3. The number of non-ortho nitro benzene ring substituents is 1. The number of esters is 1. The number of ether oxygens (including phenoxy) is 1. The van der Waals surface area contributed by atoms with Gasteiger partial charge in [0.25, 0.3) is 17.5 Å². The number of amides is 1. The van der Waals surface area contributed by atoms with E-state index >= 15 is 0 Å². The third-order valence-electron chi connectivity index (χ3n) is 7.55. The van der Waals surface area contributed by atoms with Crippen molar-refractivity contribution in [1.29, 1.82) is 0 Å². The highest BCUT2D eigenvalue weighted by molar-refractivity contribution is 5.96. The maximum Gasteiger partial charge on any atom is 0.326 e.